The number of carbonyl (C=O) groups excluding carboxylic acids is 1. The second kappa shape index (κ2) is 11.4. The third-order valence-electron chi connectivity index (χ3n) is 5.53. The predicted octanol–water partition coefficient (Wildman–Crippen LogP) is 6.34. The molecule has 0 fully saturated rings. The van der Waals surface area contributed by atoms with Gasteiger partial charge in [-0.3, -0.25) is 0 Å². The lowest BCUT2D eigenvalue weighted by atomic mass is 9.92. The van der Waals surface area contributed by atoms with E-state index in [9.17, 15) is 4.79 Å². The summed E-state index contributed by atoms with van der Waals surface area (Å²) in [6.07, 6.45) is 0. The van der Waals surface area contributed by atoms with Gasteiger partial charge in [-0.2, -0.15) is 0 Å². The number of hydrogen-bond acceptors (Lipinski definition) is 5. The van der Waals surface area contributed by atoms with Crippen LogP contribution in [0.4, 0.5) is 0 Å². The topological polar surface area (TPSA) is 68.8 Å². The quantitative estimate of drug-likeness (QED) is 0.257. The monoisotopic (exact) mass is 562 g/mol. The number of hydrogen-bond donors (Lipinski definition) is 2. The zero-order valence-corrected chi connectivity index (χ0v) is 22.3. The first-order valence-corrected chi connectivity index (χ1v) is 12.3. The molecule has 0 saturated carbocycles. The van der Waals surface area contributed by atoms with E-state index in [1.165, 1.54) is 14.2 Å². The number of methoxy groups -OCH3 is 2. The molecule has 1 aliphatic heterocycles. The van der Waals surface area contributed by atoms with Crippen molar-refractivity contribution in [3.63, 3.8) is 0 Å². The Morgan fingerprint density at radius 2 is 1.67 bits per heavy atom. The molecule has 3 aromatic carbocycles. The highest BCUT2D eigenvalue weighted by Gasteiger charge is 2.33. The normalized spacial score (nSPS) is 15.1. The summed E-state index contributed by atoms with van der Waals surface area (Å²) in [6, 6.07) is 17.1. The third-order valence-corrected chi connectivity index (χ3v) is 6.59. The standard InChI is InChI=1S/C26H21Cl3N2O4S/c1-33-21-11-15(6-10-20(21)35-13-16-5-9-18(28)12-19(16)29)24-22(25(32)34-2)23(30-26(36)31-24)14-3-7-17(27)8-4-14/h3-12,24H,13H2,1-2H3,(H2,30,31,36)/t24-/m1/s1. The van der Waals surface area contributed by atoms with Crippen LogP contribution in [0.3, 0.4) is 0 Å². The third kappa shape index (κ3) is 5.71. The molecule has 3 aromatic rings. The lowest BCUT2D eigenvalue weighted by molar-refractivity contribution is -0.136. The Kier molecular flexibility index (Phi) is 8.26. The number of esters is 1. The maximum absolute atomic E-state index is 12.9. The summed E-state index contributed by atoms with van der Waals surface area (Å²) >= 11 is 23.7. The van der Waals surface area contributed by atoms with Crippen molar-refractivity contribution in [1.82, 2.24) is 10.6 Å². The van der Waals surface area contributed by atoms with Gasteiger partial charge < -0.3 is 24.8 Å². The molecular formula is C26H21Cl3N2O4S. The number of thiocarbonyl (C=S) groups is 1. The Labute approximate surface area is 229 Å². The molecule has 0 bridgehead atoms. The second-order valence-electron chi connectivity index (χ2n) is 7.75. The van der Waals surface area contributed by atoms with E-state index < -0.39 is 12.0 Å². The summed E-state index contributed by atoms with van der Waals surface area (Å²) in [5.41, 5.74) is 3.13. The van der Waals surface area contributed by atoms with E-state index in [0.717, 1.165) is 16.7 Å². The maximum Gasteiger partial charge on any atom is 0.338 e. The molecule has 0 aromatic heterocycles. The smallest absolute Gasteiger partial charge is 0.338 e. The highest BCUT2D eigenvalue weighted by molar-refractivity contribution is 7.80. The van der Waals surface area contributed by atoms with Crippen molar-refractivity contribution >= 4 is 63.8 Å². The number of halogens is 3. The average Bonchev–Trinajstić information content (AvgIpc) is 2.87. The predicted molar refractivity (Wildman–Crippen MR) is 146 cm³/mol. The van der Waals surface area contributed by atoms with Crippen LogP contribution in [0.5, 0.6) is 11.5 Å². The van der Waals surface area contributed by atoms with Gasteiger partial charge in [0.25, 0.3) is 0 Å². The Morgan fingerprint density at radius 1 is 0.944 bits per heavy atom. The van der Waals surface area contributed by atoms with E-state index in [1.54, 1.807) is 54.6 Å². The molecule has 1 aliphatic rings. The van der Waals surface area contributed by atoms with E-state index in [0.29, 0.717) is 42.9 Å². The summed E-state index contributed by atoms with van der Waals surface area (Å²) < 4.78 is 16.7. The van der Waals surface area contributed by atoms with E-state index in [4.69, 9.17) is 61.2 Å². The second-order valence-corrected chi connectivity index (χ2v) is 9.44. The molecule has 2 N–H and O–H groups in total. The number of nitrogens with one attached hydrogen (secondary N) is 2. The lowest BCUT2D eigenvalue weighted by Crippen LogP contribution is -2.45. The molecule has 0 amide bonds. The minimum atomic E-state index is -0.606. The number of ether oxygens (including phenoxy) is 3. The van der Waals surface area contributed by atoms with Crippen LogP contribution in [-0.2, 0) is 16.1 Å². The summed E-state index contributed by atoms with van der Waals surface area (Å²) in [6.45, 7) is 0.218. The van der Waals surface area contributed by atoms with Crippen molar-refractivity contribution in [2.24, 2.45) is 0 Å². The zero-order chi connectivity index (χ0) is 25.8. The Morgan fingerprint density at radius 3 is 2.33 bits per heavy atom. The molecule has 6 nitrogen and oxygen atoms in total. The van der Waals surface area contributed by atoms with E-state index in [-0.39, 0.29) is 6.61 Å². The summed E-state index contributed by atoms with van der Waals surface area (Å²) in [4.78, 5) is 12.9. The molecule has 0 spiro atoms. The minimum Gasteiger partial charge on any atom is -0.493 e. The molecular weight excluding hydrogens is 543 g/mol. The first-order chi connectivity index (χ1) is 17.3. The van der Waals surface area contributed by atoms with E-state index >= 15 is 0 Å². The van der Waals surface area contributed by atoms with Crippen molar-refractivity contribution in [2.45, 2.75) is 12.6 Å². The van der Waals surface area contributed by atoms with Crippen LogP contribution in [0.1, 0.15) is 22.7 Å². The summed E-state index contributed by atoms with van der Waals surface area (Å²) in [7, 11) is 2.87. The molecule has 0 unspecified atom stereocenters. The van der Waals surface area contributed by atoms with Crippen molar-refractivity contribution < 1.29 is 19.0 Å². The molecule has 1 atom stereocenters. The van der Waals surface area contributed by atoms with Gasteiger partial charge in [0.05, 0.1) is 31.5 Å². The zero-order valence-electron chi connectivity index (χ0n) is 19.2. The van der Waals surface area contributed by atoms with Crippen LogP contribution in [0.2, 0.25) is 15.1 Å². The summed E-state index contributed by atoms with van der Waals surface area (Å²) in [5, 5.41) is 8.23. The van der Waals surface area contributed by atoms with Crippen molar-refractivity contribution in [2.75, 3.05) is 14.2 Å². The van der Waals surface area contributed by atoms with Gasteiger partial charge in [0.15, 0.2) is 16.6 Å². The van der Waals surface area contributed by atoms with Crippen molar-refractivity contribution in [3.8, 4) is 11.5 Å². The fraction of sp³-hybridized carbons (Fsp3) is 0.154. The van der Waals surface area contributed by atoms with E-state index in [2.05, 4.69) is 10.6 Å². The number of carbonyl (C=O) groups is 1. The molecule has 36 heavy (non-hydrogen) atoms. The first-order valence-electron chi connectivity index (χ1n) is 10.7. The van der Waals surface area contributed by atoms with Crippen LogP contribution in [0.15, 0.2) is 66.2 Å². The van der Waals surface area contributed by atoms with Gasteiger partial charge in [-0.1, -0.05) is 59.1 Å². The van der Waals surface area contributed by atoms with Crippen molar-refractivity contribution in [3.05, 3.63) is 98.0 Å². The Hall–Kier alpha value is -2.97. The molecule has 10 heteroatoms. The fourth-order valence-corrected chi connectivity index (χ4v) is 4.57. The number of rotatable bonds is 7. The molecule has 0 saturated heterocycles. The Bertz CT molecular complexity index is 1350. The van der Waals surface area contributed by atoms with Gasteiger partial charge in [0, 0.05) is 20.6 Å². The van der Waals surface area contributed by atoms with Gasteiger partial charge in [0.1, 0.15) is 6.61 Å². The fourth-order valence-electron chi connectivity index (χ4n) is 3.77. The maximum atomic E-state index is 12.9. The molecule has 4 rings (SSSR count). The first kappa shape index (κ1) is 26.1. The van der Waals surface area contributed by atoms with Crippen LogP contribution >= 0.6 is 47.0 Å². The van der Waals surface area contributed by atoms with Gasteiger partial charge in [-0.25, -0.2) is 4.79 Å². The molecule has 1 heterocycles. The number of benzene rings is 3. The summed E-state index contributed by atoms with van der Waals surface area (Å²) in [5.74, 6) is 0.468. The van der Waals surface area contributed by atoms with Crippen LogP contribution in [0.25, 0.3) is 5.70 Å². The Balaban J connectivity index is 1.70. The van der Waals surface area contributed by atoms with Gasteiger partial charge in [0.2, 0.25) is 0 Å². The lowest BCUT2D eigenvalue weighted by Gasteiger charge is -2.31. The van der Waals surface area contributed by atoms with Crippen LogP contribution in [0, 0.1) is 0 Å². The van der Waals surface area contributed by atoms with Crippen LogP contribution < -0.4 is 20.1 Å². The van der Waals surface area contributed by atoms with Crippen LogP contribution in [-0.4, -0.2) is 25.3 Å². The largest absolute Gasteiger partial charge is 0.493 e. The average molecular weight is 564 g/mol. The molecule has 186 valence electrons. The highest BCUT2D eigenvalue weighted by Crippen LogP contribution is 2.37. The highest BCUT2D eigenvalue weighted by atomic mass is 35.5. The molecule has 0 aliphatic carbocycles. The van der Waals surface area contributed by atoms with Crippen molar-refractivity contribution in [1.29, 1.82) is 0 Å². The van der Waals surface area contributed by atoms with E-state index in [1.807, 2.05) is 6.07 Å². The van der Waals surface area contributed by atoms with Gasteiger partial charge in [-0.15, -0.1) is 0 Å². The SMILES string of the molecule is COC(=O)C1=C(c2ccc(Cl)cc2)NC(=S)N[C@@H]1c1ccc(OCc2ccc(Cl)cc2Cl)c(OC)c1. The molecule has 0 radical (unpaired) electrons. The minimum absolute atomic E-state index is 0.218. The van der Waals surface area contributed by atoms with Gasteiger partial charge >= 0.3 is 5.97 Å². The van der Waals surface area contributed by atoms with Gasteiger partial charge in [-0.05, 0) is 59.7 Å².